The van der Waals surface area contributed by atoms with Gasteiger partial charge in [0, 0.05) is 7.11 Å². The first-order valence-electron chi connectivity index (χ1n) is 5.76. The highest BCUT2D eigenvalue weighted by Crippen LogP contribution is 2.21. The van der Waals surface area contributed by atoms with Gasteiger partial charge < -0.3 is 45.5 Å². The van der Waals surface area contributed by atoms with Crippen molar-refractivity contribution < 1.29 is 39.7 Å². The van der Waals surface area contributed by atoms with Gasteiger partial charge in [-0.15, -0.1) is 0 Å². The fourth-order valence-electron chi connectivity index (χ4n) is 1.63. The summed E-state index contributed by atoms with van der Waals surface area (Å²) in [6.07, 6.45) is -4.90. The van der Waals surface area contributed by atoms with E-state index < -0.39 is 56.3 Å². The van der Waals surface area contributed by atoms with Crippen LogP contribution >= 0.6 is 0 Å². The van der Waals surface area contributed by atoms with Crippen molar-refractivity contribution in [1.82, 2.24) is 0 Å². The van der Waals surface area contributed by atoms with Crippen LogP contribution in [0.5, 0.6) is 0 Å². The minimum Gasteiger partial charge on any atom is -0.394 e. The van der Waals surface area contributed by atoms with Crippen LogP contribution in [0.3, 0.4) is 0 Å². The summed E-state index contributed by atoms with van der Waals surface area (Å²) in [5, 5.41) is 46.8. The Morgan fingerprint density at radius 3 is 2.37 bits per heavy atom. The number of methoxy groups -OCH3 is 1. The van der Waals surface area contributed by atoms with E-state index in [0.717, 1.165) is 0 Å². The molecule has 3 unspecified atom stereocenters. The zero-order valence-electron chi connectivity index (χ0n) is 10.5. The van der Waals surface area contributed by atoms with Crippen molar-refractivity contribution in [3.8, 4) is 0 Å². The van der Waals surface area contributed by atoms with Gasteiger partial charge in [-0.25, -0.2) is 0 Å². The molecule has 1 aliphatic heterocycles. The third-order valence-electron chi connectivity index (χ3n) is 3.03. The molecule has 0 aromatic heterocycles. The molecule has 0 aromatic rings. The lowest BCUT2D eigenvalue weighted by molar-refractivity contribution is -0.304. The fourth-order valence-corrected chi connectivity index (χ4v) is 1.63. The minimum absolute atomic E-state index is 0.459. The lowest BCUT2D eigenvalue weighted by atomic mass is 9.98. The van der Waals surface area contributed by atoms with E-state index >= 15 is 0 Å². The van der Waals surface area contributed by atoms with E-state index in [1.54, 1.807) is 0 Å². The Kier molecular flexibility index (Phi) is 6.05. The van der Waals surface area contributed by atoms with Crippen molar-refractivity contribution in [1.29, 1.82) is 0 Å². The van der Waals surface area contributed by atoms with Crippen molar-refractivity contribution in [2.24, 2.45) is 5.73 Å². The molecule has 0 bridgehead atoms. The van der Waals surface area contributed by atoms with E-state index in [-0.39, 0.29) is 0 Å². The molecule has 0 spiro atoms. The van der Waals surface area contributed by atoms with E-state index in [1.165, 1.54) is 7.11 Å². The molecule has 7 N–H and O–H groups in total. The molecular weight excluding hydrogens is 262 g/mol. The first-order valence-corrected chi connectivity index (χ1v) is 5.76. The van der Waals surface area contributed by atoms with Gasteiger partial charge in [-0.05, 0) is 0 Å². The number of nitrogens with two attached hydrogens (primary N) is 1. The Labute approximate surface area is 110 Å². The second-order valence-corrected chi connectivity index (χ2v) is 4.40. The summed E-state index contributed by atoms with van der Waals surface area (Å²) >= 11 is 0. The lowest BCUT2D eigenvalue weighted by Gasteiger charge is -2.41. The molecule has 9 heteroatoms. The van der Waals surface area contributed by atoms with E-state index in [4.69, 9.17) is 25.4 Å². The highest BCUT2D eigenvalue weighted by atomic mass is 16.7. The molecule has 0 aromatic carbocycles. The standard InChI is InChI=1S/C10H21NO8/c1-17-10(16,3-13)4-18-9-6(11)8(15)7(14)5(2-12)19-9/h5-9,12-16H,2-4,11H2,1H3/t5?,6-,7?,8?,9-,10+/m0/s1. The lowest BCUT2D eigenvalue weighted by Crippen LogP contribution is -2.63. The minimum atomic E-state index is -1.92. The summed E-state index contributed by atoms with van der Waals surface area (Å²) in [7, 11) is 1.18. The summed E-state index contributed by atoms with van der Waals surface area (Å²) in [5.41, 5.74) is 5.62. The van der Waals surface area contributed by atoms with Gasteiger partial charge in [-0.3, -0.25) is 0 Å². The summed E-state index contributed by atoms with van der Waals surface area (Å²) < 4.78 is 14.9. The van der Waals surface area contributed by atoms with E-state index in [1.807, 2.05) is 0 Å². The third-order valence-corrected chi connectivity index (χ3v) is 3.03. The number of hydrogen-bond acceptors (Lipinski definition) is 9. The van der Waals surface area contributed by atoms with Crippen molar-refractivity contribution in [3.05, 3.63) is 0 Å². The Balaban J connectivity index is 2.62. The average molecular weight is 283 g/mol. The van der Waals surface area contributed by atoms with Gasteiger partial charge in [0.15, 0.2) is 6.29 Å². The van der Waals surface area contributed by atoms with Crippen molar-refractivity contribution in [2.75, 3.05) is 26.9 Å². The van der Waals surface area contributed by atoms with Gasteiger partial charge >= 0.3 is 0 Å². The van der Waals surface area contributed by atoms with Gasteiger partial charge in [-0.1, -0.05) is 0 Å². The maximum atomic E-state index is 9.67. The van der Waals surface area contributed by atoms with Crippen molar-refractivity contribution in [3.63, 3.8) is 0 Å². The Morgan fingerprint density at radius 1 is 1.26 bits per heavy atom. The van der Waals surface area contributed by atoms with Gasteiger partial charge in [0.25, 0.3) is 0 Å². The van der Waals surface area contributed by atoms with Crippen LogP contribution in [0.4, 0.5) is 0 Å². The average Bonchev–Trinajstić information content (AvgIpc) is 2.43. The Morgan fingerprint density at radius 2 is 1.89 bits per heavy atom. The number of ether oxygens (including phenoxy) is 3. The maximum absolute atomic E-state index is 9.67. The fraction of sp³-hybridized carbons (Fsp3) is 1.00. The molecule has 0 radical (unpaired) electrons. The van der Waals surface area contributed by atoms with Crippen molar-refractivity contribution >= 4 is 0 Å². The Hall–Kier alpha value is -0.360. The highest BCUT2D eigenvalue weighted by molar-refractivity contribution is 4.91. The molecule has 1 heterocycles. The second kappa shape index (κ2) is 6.88. The molecule has 114 valence electrons. The summed E-state index contributed by atoms with van der Waals surface area (Å²) in [5.74, 6) is -1.92. The predicted octanol–water partition coefficient (Wildman–Crippen LogP) is -3.90. The van der Waals surface area contributed by atoms with E-state index in [0.29, 0.717) is 0 Å². The first kappa shape index (κ1) is 16.7. The van der Waals surface area contributed by atoms with Gasteiger partial charge in [-0.2, -0.15) is 0 Å². The summed E-state index contributed by atoms with van der Waals surface area (Å²) in [4.78, 5) is 0. The number of hydrogen-bond donors (Lipinski definition) is 6. The van der Waals surface area contributed by atoms with E-state index in [2.05, 4.69) is 4.74 Å². The smallest absolute Gasteiger partial charge is 0.213 e. The first-order chi connectivity index (χ1) is 8.88. The summed E-state index contributed by atoms with van der Waals surface area (Å²) in [6, 6.07) is -1.07. The third kappa shape index (κ3) is 3.81. The van der Waals surface area contributed by atoms with Crippen LogP contribution in [0.15, 0.2) is 0 Å². The van der Waals surface area contributed by atoms with Crippen LogP contribution < -0.4 is 5.73 Å². The molecule has 9 nitrogen and oxygen atoms in total. The zero-order valence-corrected chi connectivity index (χ0v) is 10.5. The van der Waals surface area contributed by atoms with Gasteiger partial charge in [0.05, 0.1) is 19.3 Å². The zero-order chi connectivity index (χ0) is 14.6. The largest absolute Gasteiger partial charge is 0.394 e. The molecule has 6 atom stereocenters. The van der Waals surface area contributed by atoms with Gasteiger partial charge in [0.2, 0.25) is 5.79 Å². The van der Waals surface area contributed by atoms with Crippen LogP contribution in [-0.2, 0) is 14.2 Å². The maximum Gasteiger partial charge on any atom is 0.213 e. The topological polar surface area (TPSA) is 155 Å². The van der Waals surface area contributed by atoms with Gasteiger partial charge in [0.1, 0.15) is 24.9 Å². The number of rotatable bonds is 6. The number of aliphatic hydroxyl groups excluding tert-OH is 4. The predicted molar refractivity (Wildman–Crippen MR) is 60.7 cm³/mol. The van der Waals surface area contributed by atoms with Crippen LogP contribution in [0.2, 0.25) is 0 Å². The number of aliphatic hydroxyl groups is 5. The van der Waals surface area contributed by atoms with Crippen LogP contribution in [0.1, 0.15) is 0 Å². The molecule has 0 amide bonds. The second-order valence-electron chi connectivity index (χ2n) is 4.40. The molecule has 1 saturated heterocycles. The molecule has 0 saturated carbocycles. The Bertz CT molecular complexity index is 272. The quantitative estimate of drug-likeness (QED) is 0.268. The molecule has 1 rings (SSSR count). The van der Waals surface area contributed by atoms with Crippen LogP contribution in [-0.4, -0.2) is 88.9 Å². The normalized spacial score (nSPS) is 39.0. The molecular formula is C10H21NO8. The molecule has 0 aliphatic carbocycles. The van der Waals surface area contributed by atoms with Crippen molar-refractivity contribution in [2.45, 2.75) is 36.4 Å². The van der Waals surface area contributed by atoms with Crippen LogP contribution in [0, 0.1) is 0 Å². The highest BCUT2D eigenvalue weighted by Gasteiger charge is 2.43. The SMILES string of the molecule is CO[C@](O)(CO)CO[C@H]1OC(CO)C(O)C(O)[C@@H]1N. The molecule has 1 aliphatic rings. The molecule has 1 fully saturated rings. The summed E-state index contributed by atoms with van der Waals surface area (Å²) in [6.45, 7) is -1.70. The van der Waals surface area contributed by atoms with Crippen LogP contribution in [0.25, 0.3) is 0 Å². The molecule has 19 heavy (non-hydrogen) atoms. The van der Waals surface area contributed by atoms with E-state index in [9.17, 15) is 15.3 Å². The monoisotopic (exact) mass is 283 g/mol.